The van der Waals surface area contributed by atoms with E-state index in [1.165, 1.54) is 19.1 Å². The number of anilines is 3. The monoisotopic (exact) mass is 453 g/mol. The second-order valence-corrected chi connectivity index (χ2v) is 7.03. The Morgan fingerprint density at radius 2 is 2.06 bits per heavy atom. The minimum atomic E-state index is -4.59. The maximum absolute atomic E-state index is 13.1. The predicted molar refractivity (Wildman–Crippen MR) is 115 cm³/mol. The summed E-state index contributed by atoms with van der Waals surface area (Å²) in [5.41, 5.74) is 0.583. The van der Waals surface area contributed by atoms with Gasteiger partial charge in [-0.25, -0.2) is 4.98 Å². The lowest BCUT2D eigenvalue weighted by atomic mass is 10.1. The van der Waals surface area contributed by atoms with Crippen molar-refractivity contribution in [1.29, 1.82) is 0 Å². The second-order valence-electron chi connectivity index (χ2n) is 7.03. The summed E-state index contributed by atoms with van der Waals surface area (Å²) in [4.78, 5) is 21.9. The van der Waals surface area contributed by atoms with E-state index in [0.29, 0.717) is 40.6 Å². The molecule has 172 valence electrons. The Kier molecular flexibility index (Phi) is 6.44. The van der Waals surface area contributed by atoms with Gasteiger partial charge in [-0.3, -0.25) is 4.79 Å². The first-order valence-corrected chi connectivity index (χ1v) is 9.56. The molecule has 0 bridgehead atoms. The molecule has 0 spiro atoms. The molecule has 12 heteroatoms. The van der Waals surface area contributed by atoms with Crippen LogP contribution in [0, 0.1) is 0 Å². The van der Waals surface area contributed by atoms with Gasteiger partial charge in [-0.1, -0.05) is 0 Å². The van der Waals surface area contributed by atoms with E-state index in [9.17, 15) is 18.0 Å². The van der Waals surface area contributed by atoms with Crippen molar-refractivity contribution in [3.05, 3.63) is 35.7 Å². The number of nitrogens with one attached hydrogen (secondary N) is 2. The fourth-order valence-corrected chi connectivity index (χ4v) is 3.28. The van der Waals surface area contributed by atoms with Crippen molar-refractivity contribution in [2.75, 3.05) is 45.0 Å². The number of ether oxygens (including phenoxy) is 1. The van der Waals surface area contributed by atoms with Crippen LogP contribution >= 0.6 is 0 Å². The van der Waals surface area contributed by atoms with Gasteiger partial charge in [0.25, 0.3) is 5.91 Å². The van der Waals surface area contributed by atoms with Crippen LogP contribution in [0.25, 0.3) is 10.9 Å². The third kappa shape index (κ3) is 4.40. The topological polar surface area (TPSA) is 107 Å². The lowest BCUT2D eigenvalue weighted by molar-refractivity contribution is -0.137. The van der Waals surface area contributed by atoms with Crippen LogP contribution < -0.4 is 15.4 Å². The van der Waals surface area contributed by atoms with Crippen molar-refractivity contribution >= 4 is 34.3 Å². The Morgan fingerprint density at radius 1 is 1.34 bits per heavy atom. The number of halogens is 3. The van der Waals surface area contributed by atoms with Gasteiger partial charge in [0.2, 0.25) is 5.95 Å². The van der Waals surface area contributed by atoms with Crippen molar-refractivity contribution in [1.82, 2.24) is 19.4 Å². The molecule has 2 aromatic heterocycles. The molecule has 0 atom stereocenters. The summed E-state index contributed by atoms with van der Waals surface area (Å²) >= 11 is 0. The number of hydrogen-bond acceptors (Lipinski definition) is 6. The molecule has 0 unspecified atom stereocenters. The number of alkyl halides is 3. The quantitative estimate of drug-likeness (QED) is 0.533. The fraction of sp³-hybridized carbons (Fsp3) is 0.350. The van der Waals surface area contributed by atoms with Gasteiger partial charge in [0, 0.05) is 38.9 Å². The van der Waals surface area contributed by atoms with E-state index in [1.54, 1.807) is 37.0 Å². The van der Waals surface area contributed by atoms with E-state index < -0.39 is 11.7 Å². The Bertz CT molecular complexity index is 1150. The molecule has 3 rings (SSSR count). The van der Waals surface area contributed by atoms with Crippen molar-refractivity contribution in [2.45, 2.75) is 6.18 Å². The van der Waals surface area contributed by atoms with Gasteiger partial charge in [-0.15, -0.1) is 0 Å². The van der Waals surface area contributed by atoms with Crippen LogP contribution in [0.2, 0.25) is 0 Å². The third-order valence-electron chi connectivity index (χ3n) is 4.91. The SMILES string of the molecule is CNc1nc(Nc2cc3c(cc2OC)c(C(=O)N(C)CC[OH2+])cn3C)ncc1C(F)(F)F. The highest BCUT2D eigenvalue weighted by Crippen LogP contribution is 2.36. The van der Waals surface area contributed by atoms with Crippen molar-refractivity contribution < 1.29 is 27.8 Å². The molecule has 2 heterocycles. The molecular formula is C20H24F3N6O3+. The maximum Gasteiger partial charge on any atom is 0.421 e. The van der Waals surface area contributed by atoms with Crippen molar-refractivity contribution in [3.63, 3.8) is 0 Å². The number of likely N-dealkylation sites (N-methyl/N-ethyl adjacent to an activating group) is 1. The number of nitrogens with zero attached hydrogens (tertiary/aromatic N) is 4. The zero-order chi connectivity index (χ0) is 23.6. The van der Waals surface area contributed by atoms with Gasteiger partial charge < -0.3 is 29.9 Å². The first-order chi connectivity index (χ1) is 15.1. The predicted octanol–water partition coefficient (Wildman–Crippen LogP) is 2.58. The molecule has 1 aromatic carbocycles. The van der Waals surface area contributed by atoms with Crippen LogP contribution in [-0.4, -0.2) is 64.8 Å². The zero-order valence-corrected chi connectivity index (χ0v) is 18.0. The molecule has 0 saturated heterocycles. The molecular weight excluding hydrogens is 429 g/mol. The van der Waals surface area contributed by atoms with Gasteiger partial charge in [0.1, 0.15) is 17.1 Å². The normalized spacial score (nSPS) is 11.5. The number of fused-ring (bicyclic) bond motifs is 1. The lowest BCUT2D eigenvalue weighted by Crippen LogP contribution is -2.29. The molecule has 4 N–H and O–H groups in total. The van der Waals surface area contributed by atoms with Gasteiger partial charge in [-0.05, 0) is 12.1 Å². The molecule has 32 heavy (non-hydrogen) atoms. The largest absolute Gasteiger partial charge is 0.495 e. The Labute approximate surface area is 181 Å². The third-order valence-corrected chi connectivity index (χ3v) is 4.91. The lowest BCUT2D eigenvalue weighted by Gasteiger charge is -2.15. The van der Waals surface area contributed by atoms with E-state index in [4.69, 9.17) is 9.84 Å². The minimum absolute atomic E-state index is 0.0549. The Hall–Kier alpha value is -3.54. The van der Waals surface area contributed by atoms with Crippen molar-refractivity contribution in [2.24, 2.45) is 7.05 Å². The van der Waals surface area contributed by atoms with Crippen LogP contribution in [-0.2, 0) is 13.2 Å². The highest BCUT2D eigenvalue weighted by molar-refractivity contribution is 6.08. The first kappa shape index (κ1) is 23.1. The van der Waals surface area contributed by atoms with Gasteiger partial charge in [0.15, 0.2) is 6.61 Å². The summed E-state index contributed by atoms with van der Waals surface area (Å²) in [5, 5.41) is 13.3. The molecule has 0 saturated carbocycles. The summed E-state index contributed by atoms with van der Waals surface area (Å²) < 4.78 is 46.5. The first-order valence-electron chi connectivity index (χ1n) is 9.56. The standard InChI is InChI=1S/C20H23F3N6O3/c1-24-17-13(20(21,22)23)9-25-19(27-17)26-14-8-15-11(7-16(14)32-4)12(10-29(15)3)18(31)28(2)5-6-30/h7-10,30H,5-6H2,1-4H3,(H2,24,25,26,27)/p+1. The average Bonchev–Trinajstić information content (AvgIpc) is 3.07. The van der Waals surface area contributed by atoms with Gasteiger partial charge in [0.05, 0.1) is 30.4 Å². The number of aryl methyl sites for hydroxylation is 1. The second kappa shape index (κ2) is 8.91. The number of benzene rings is 1. The minimum Gasteiger partial charge on any atom is -0.495 e. The summed E-state index contributed by atoms with van der Waals surface area (Å²) in [5.74, 6) is -0.286. The van der Waals surface area contributed by atoms with Crippen molar-refractivity contribution in [3.8, 4) is 5.75 Å². The van der Waals surface area contributed by atoms with Crippen LogP contribution in [0.3, 0.4) is 0 Å². The summed E-state index contributed by atoms with van der Waals surface area (Å²) in [6, 6.07) is 3.37. The van der Waals surface area contributed by atoms with Crippen LogP contribution in [0.4, 0.5) is 30.6 Å². The Balaban J connectivity index is 2.03. The smallest absolute Gasteiger partial charge is 0.421 e. The fourth-order valence-electron chi connectivity index (χ4n) is 3.28. The highest BCUT2D eigenvalue weighted by Gasteiger charge is 2.35. The van der Waals surface area contributed by atoms with E-state index in [0.717, 1.165) is 0 Å². The number of amides is 1. The number of aromatic nitrogens is 3. The highest BCUT2D eigenvalue weighted by atomic mass is 19.4. The molecule has 0 aliphatic carbocycles. The molecule has 0 aliphatic heterocycles. The molecule has 9 nitrogen and oxygen atoms in total. The molecule has 0 fully saturated rings. The summed E-state index contributed by atoms with van der Waals surface area (Å²) in [7, 11) is 6.18. The van der Waals surface area contributed by atoms with Crippen LogP contribution in [0.1, 0.15) is 15.9 Å². The number of carbonyl (C=O) groups is 1. The van der Waals surface area contributed by atoms with E-state index in [-0.39, 0.29) is 24.3 Å². The van der Waals surface area contributed by atoms with E-state index in [2.05, 4.69) is 20.6 Å². The average molecular weight is 453 g/mol. The van der Waals surface area contributed by atoms with E-state index in [1.807, 2.05) is 0 Å². The number of hydrogen-bond donors (Lipinski definition) is 2. The number of carbonyl (C=O) groups excluding carboxylic acids is 1. The van der Waals surface area contributed by atoms with E-state index >= 15 is 0 Å². The zero-order valence-electron chi connectivity index (χ0n) is 18.0. The van der Waals surface area contributed by atoms with Gasteiger partial charge >= 0.3 is 6.18 Å². The number of rotatable bonds is 7. The number of methoxy groups -OCH3 is 1. The van der Waals surface area contributed by atoms with Gasteiger partial charge in [-0.2, -0.15) is 18.2 Å². The summed E-state index contributed by atoms with van der Waals surface area (Å²) in [6.45, 7) is 0.386. The van der Waals surface area contributed by atoms with Crippen LogP contribution in [0.15, 0.2) is 24.5 Å². The molecule has 0 aliphatic rings. The maximum atomic E-state index is 13.1. The summed E-state index contributed by atoms with van der Waals surface area (Å²) in [6.07, 6.45) is -2.20. The molecule has 1 amide bonds. The Morgan fingerprint density at radius 3 is 2.66 bits per heavy atom. The molecule has 0 radical (unpaired) electrons. The van der Waals surface area contributed by atoms with Crippen LogP contribution in [0.5, 0.6) is 5.75 Å². The molecule has 3 aromatic rings.